The molecule has 0 bridgehead atoms. The van der Waals surface area contributed by atoms with Crippen LogP contribution in [0.5, 0.6) is 0 Å². The molecule has 0 spiro atoms. The highest BCUT2D eigenvalue weighted by atomic mass is 35.5. The average molecular weight is 417 g/mol. The van der Waals surface area contributed by atoms with Crippen molar-refractivity contribution < 1.29 is 4.79 Å². The number of pyridine rings is 3. The molecule has 8 heteroatoms. The van der Waals surface area contributed by atoms with Crippen LogP contribution in [0.4, 0.5) is 5.69 Å². The van der Waals surface area contributed by atoms with Crippen LogP contribution in [0.25, 0.3) is 11.0 Å². The largest absolute Gasteiger partial charge is 0.328 e. The monoisotopic (exact) mass is 416 g/mol. The Kier molecular flexibility index (Phi) is 5.33. The number of nitrogens with one attached hydrogen (secondary N) is 1. The van der Waals surface area contributed by atoms with Gasteiger partial charge in [0.05, 0.1) is 21.1 Å². The van der Waals surface area contributed by atoms with Gasteiger partial charge in [0.2, 0.25) is 5.43 Å². The van der Waals surface area contributed by atoms with E-state index in [1.807, 2.05) is 4.57 Å². The Labute approximate surface area is 171 Å². The van der Waals surface area contributed by atoms with Gasteiger partial charge in [-0.2, -0.15) is 0 Å². The highest BCUT2D eigenvalue weighted by Gasteiger charge is 2.22. The van der Waals surface area contributed by atoms with E-state index in [4.69, 9.17) is 23.2 Å². The van der Waals surface area contributed by atoms with Gasteiger partial charge < -0.3 is 9.88 Å². The fourth-order valence-electron chi connectivity index (χ4n) is 3.69. The summed E-state index contributed by atoms with van der Waals surface area (Å²) in [6.45, 7) is 0. The van der Waals surface area contributed by atoms with Crippen molar-refractivity contribution in [2.75, 3.05) is 5.32 Å². The smallest absolute Gasteiger partial charge is 0.261 e. The number of aromatic nitrogens is 3. The van der Waals surface area contributed by atoms with Gasteiger partial charge in [-0.05, 0) is 25.0 Å². The van der Waals surface area contributed by atoms with Gasteiger partial charge in [0.15, 0.2) is 0 Å². The molecule has 144 valence electrons. The van der Waals surface area contributed by atoms with Crippen molar-refractivity contribution in [1.29, 1.82) is 0 Å². The Hall–Kier alpha value is -2.44. The summed E-state index contributed by atoms with van der Waals surface area (Å²) in [6.07, 6.45) is 11.5. The van der Waals surface area contributed by atoms with Crippen LogP contribution in [-0.2, 0) is 0 Å². The van der Waals surface area contributed by atoms with Crippen molar-refractivity contribution in [3.8, 4) is 0 Å². The van der Waals surface area contributed by atoms with Gasteiger partial charge in [0.25, 0.3) is 5.91 Å². The molecule has 1 aliphatic carbocycles. The molecule has 4 rings (SSSR count). The lowest BCUT2D eigenvalue weighted by atomic mass is 9.95. The molecule has 0 radical (unpaired) electrons. The summed E-state index contributed by atoms with van der Waals surface area (Å²) in [5.74, 6) is -0.560. The van der Waals surface area contributed by atoms with Gasteiger partial charge in [-0.3, -0.25) is 14.6 Å². The van der Waals surface area contributed by atoms with Crippen LogP contribution in [0.2, 0.25) is 10.0 Å². The Bertz CT molecular complexity index is 1090. The SMILES string of the molecule is O=C(Nc1c(Cl)cncc1Cl)c1cn(C2CCCCC2)c2ncccc2c1=O. The first kappa shape index (κ1) is 18.9. The van der Waals surface area contributed by atoms with E-state index in [0.717, 1.165) is 25.7 Å². The maximum absolute atomic E-state index is 13.0. The minimum atomic E-state index is -0.560. The van der Waals surface area contributed by atoms with Crippen molar-refractivity contribution in [3.05, 3.63) is 62.8 Å². The van der Waals surface area contributed by atoms with Gasteiger partial charge in [0, 0.05) is 30.8 Å². The molecule has 28 heavy (non-hydrogen) atoms. The molecule has 1 N–H and O–H groups in total. The standard InChI is InChI=1S/C20H18Cl2N4O2/c21-15-9-23-10-16(22)17(15)25-20(28)14-11-26(12-5-2-1-3-6-12)19-13(18(14)27)7-4-8-24-19/h4,7-12H,1-3,5-6H2,(H,23,25,28). The molecule has 0 aliphatic heterocycles. The molecule has 6 nitrogen and oxygen atoms in total. The molecular formula is C20H18Cl2N4O2. The maximum atomic E-state index is 13.0. The van der Waals surface area contributed by atoms with Crippen LogP contribution >= 0.6 is 23.2 Å². The summed E-state index contributed by atoms with van der Waals surface area (Å²) in [4.78, 5) is 34.2. The third-order valence-electron chi connectivity index (χ3n) is 5.09. The Balaban J connectivity index is 1.81. The highest BCUT2D eigenvalue weighted by Crippen LogP contribution is 2.31. The zero-order valence-corrected chi connectivity index (χ0v) is 16.5. The highest BCUT2D eigenvalue weighted by molar-refractivity contribution is 6.39. The summed E-state index contributed by atoms with van der Waals surface area (Å²) >= 11 is 12.2. The van der Waals surface area contributed by atoms with Crippen LogP contribution in [0.1, 0.15) is 48.5 Å². The minimum Gasteiger partial charge on any atom is -0.328 e. The van der Waals surface area contributed by atoms with E-state index in [1.165, 1.54) is 18.8 Å². The Morgan fingerprint density at radius 2 is 1.86 bits per heavy atom. The van der Waals surface area contributed by atoms with Crippen molar-refractivity contribution in [1.82, 2.24) is 14.5 Å². The van der Waals surface area contributed by atoms with Crippen LogP contribution in [0.15, 0.2) is 41.7 Å². The van der Waals surface area contributed by atoms with E-state index >= 15 is 0 Å². The summed E-state index contributed by atoms with van der Waals surface area (Å²) in [7, 11) is 0. The average Bonchev–Trinajstić information content (AvgIpc) is 2.72. The summed E-state index contributed by atoms with van der Waals surface area (Å²) < 4.78 is 1.97. The second-order valence-corrected chi connectivity index (χ2v) is 7.69. The molecular weight excluding hydrogens is 399 g/mol. The van der Waals surface area contributed by atoms with E-state index in [-0.39, 0.29) is 32.8 Å². The number of halogens is 2. The van der Waals surface area contributed by atoms with Gasteiger partial charge in [-0.25, -0.2) is 4.98 Å². The van der Waals surface area contributed by atoms with Crippen LogP contribution in [0.3, 0.4) is 0 Å². The number of nitrogens with zero attached hydrogens (tertiary/aromatic N) is 3. The van der Waals surface area contributed by atoms with Crippen molar-refractivity contribution >= 4 is 45.8 Å². The zero-order valence-electron chi connectivity index (χ0n) is 15.0. The molecule has 3 aromatic rings. The van der Waals surface area contributed by atoms with Crippen LogP contribution in [-0.4, -0.2) is 20.4 Å². The summed E-state index contributed by atoms with van der Waals surface area (Å²) in [5, 5.41) is 3.49. The number of carbonyl (C=O) groups excluding carboxylic acids is 1. The number of carbonyl (C=O) groups is 1. The molecule has 0 saturated heterocycles. The number of hydrogen-bond donors (Lipinski definition) is 1. The molecule has 0 atom stereocenters. The lowest BCUT2D eigenvalue weighted by molar-refractivity contribution is 0.102. The third-order valence-corrected chi connectivity index (χ3v) is 5.67. The molecule has 1 fully saturated rings. The maximum Gasteiger partial charge on any atom is 0.261 e. The molecule has 1 saturated carbocycles. The Morgan fingerprint density at radius 3 is 2.57 bits per heavy atom. The first-order chi connectivity index (χ1) is 13.6. The van der Waals surface area contributed by atoms with E-state index in [9.17, 15) is 9.59 Å². The fraction of sp³-hybridized carbons (Fsp3) is 0.300. The lowest BCUT2D eigenvalue weighted by Crippen LogP contribution is -2.26. The van der Waals surface area contributed by atoms with E-state index in [0.29, 0.717) is 11.0 Å². The second kappa shape index (κ2) is 7.89. The molecule has 3 heterocycles. The number of fused-ring (bicyclic) bond motifs is 1. The lowest BCUT2D eigenvalue weighted by Gasteiger charge is -2.26. The minimum absolute atomic E-state index is 0.0371. The third kappa shape index (κ3) is 3.50. The number of amides is 1. The molecule has 1 amide bonds. The van der Waals surface area contributed by atoms with Gasteiger partial charge in [-0.1, -0.05) is 42.5 Å². The molecule has 0 unspecified atom stereocenters. The predicted molar refractivity (Wildman–Crippen MR) is 110 cm³/mol. The second-order valence-electron chi connectivity index (χ2n) is 6.88. The van der Waals surface area contributed by atoms with E-state index in [2.05, 4.69) is 15.3 Å². The van der Waals surface area contributed by atoms with E-state index in [1.54, 1.807) is 24.5 Å². The topological polar surface area (TPSA) is 76.9 Å². The number of hydrogen-bond acceptors (Lipinski definition) is 4. The van der Waals surface area contributed by atoms with Crippen molar-refractivity contribution in [2.24, 2.45) is 0 Å². The van der Waals surface area contributed by atoms with Crippen LogP contribution in [0, 0.1) is 0 Å². The number of rotatable bonds is 3. The van der Waals surface area contributed by atoms with E-state index < -0.39 is 5.91 Å². The summed E-state index contributed by atoms with van der Waals surface area (Å²) in [6, 6.07) is 3.62. The quantitative estimate of drug-likeness (QED) is 0.661. The fourth-order valence-corrected chi connectivity index (χ4v) is 4.15. The Morgan fingerprint density at radius 1 is 1.14 bits per heavy atom. The molecule has 3 aromatic heterocycles. The number of anilines is 1. The van der Waals surface area contributed by atoms with Crippen LogP contribution < -0.4 is 10.7 Å². The van der Waals surface area contributed by atoms with Gasteiger partial charge in [0.1, 0.15) is 11.2 Å². The summed E-state index contributed by atoms with van der Waals surface area (Å²) in [5.41, 5.74) is 0.512. The molecule has 1 aliphatic rings. The first-order valence-corrected chi connectivity index (χ1v) is 9.92. The first-order valence-electron chi connectivity index (χ1n) is 9.16. The normalized spacial score (nSPS) is 14.9. The van der Waals surface area contributed by atoms with Gasteiger partial charge >= 0.3 is 0 Å². The molecule has 0 aromatic carbocycles. The predicted octanol–water partition coefficient (Wildman–Crippen LogP) is 4.86. The van der Waals surface area contributed by atoms with Gasteiger partial charge in [-0.15, -0.1) is 0 Å². The van der Waals surface area contributed by atoms with Crippen molar-refractivity contribution in [3.63, 3.8) is 0 Å². The zero-order chi connectivity index (χ0) is 19.7. The van der Waals surface area contributed by atoms with Crippen molar-refractivity contribution in [2.45, 2.75) is 38.1 Å².